The maximum atomic E-state index is 10.1. The zero-order chi connectivity index (χ0) is 9.40. The molecular formula is C9H20N2O. The number of carbonyl (C=O) groups is 1. The molecule has 2 unspecified atom stereocenters. The SMILES string of the molecule is CC(CC=O)CC(N)CCCN. The molecule has 3 nitrogen and oxygen atoms in total. The predicted molar refractivity (Wildman–Crippen MR) is 50.7 cm³/mol. The summed E-state index contributed by atoms with van der Waals surface area (Å²) in [6, 6.07) is 0.212. The Kier molecular flexibility index (Phi) is 7.00. The highest BCUT2D eigenvalue weighted by Crippen LogP contribution is 2.10. The molecule has 0 radical (unpaired) electrons. The van der Waals surface area contributed by atoms with Gasteiger partial charge >= 0.3 is 0 Å². The molecule has 0 bridgehead atoms. The zero-order valence-corrected chi connectivity index (χ0v) is 7.83. The van der Waals surface area contributed by atoms with Gasteiger partial charge in [0.05, 0.1) is 0 Å². The first-order valence-corrected chi connectivity index (χ1v) is 4.60. The predicted octanol–water partition coefficient (Wildman–Crippen LogP) is 0.668. The average molecular weight is 172 g/mol. The van der Waals surface area contributed by atoms with Crippen molar-refractivity contribution < 1.29 is 4.79 Å². The highest BCUT2D eigenvalue weighted by Gasteiger charge is 2.07. The molecule has 0 aromatic heterocycles. The van der Waals surface area contributed by atoms with E-state index in [2.05, 4.69) is 6.92 Å². The molecule has 0 aliphatic heterocycles. The van der Waals surface area contributed by atoms with Gasteiger partial charge in [0.15, 0.2) is 0 Å². The van der Waals surface area contributed by atoms with E-state index in [1.54, 1.807) is 0 Å². The number of nitrogens with two attached hydrogens (primary N) is 2. The van der Waals surface area contributed by atoms with Crippen LogP contribution in [0, 0.1) is 5.92 Å². The molecule has 0 saturated heterocycles. The van der Waals surface area contributed by atoms with Gasteiger partial charge in [-0.1, -0.05) is 6.92 Å². The van der Waals surface area contributed by atoms with E-state index in [9.17, 15) is 4.79 Å². The average Bonchev–Trinajstić information content (AvgIpc) is 2.01. The number of hydrogen-bond donors (Lipinski definition) is 2. The van der Waals surface area contributed by atoms with Crippen molar-refractivity contribution in [1.29, 1.82) is 0 Å². The van der Waals surface area contributed by atoms with E-state index in [-0.39, 0.29) is 6.04 Å². The fourth-order valence-corrected chi connectivity index (χ4v) is 1.28. The topological polar surface area (TPSA) is 69.1 Å². The minimum atomic E-state index is 0.212. The van der Waals surface area contributed by atoms with Crippen molar-refractivity contribution in [1.82, 2.24) is 0 Å². The molecule has 0 aromatic carbocycles. The second kappa shape index (κ2) is 7.25. The Balaban J connectivity index is 3.39. The third kappa shape index (κ3) is 6.31. The van der Waals surface area contributed by atoms with Gasteiger partial charge in [-0.15, -0.1) is 0 Å². The van der Waals surface area contributed by atoms with Crippen LogP contribution in [0.3, 0.4) is 0 Å². The van der Waals surface area contributed by atoms with Crippen LogP contribution in [0.1, 0.15) is 32.6 Å². The van der Waals surface area contributed by atoms with Crippen LogP contribution < -0.4 is 11.5 Å². The Hall–Kier alpha value is -0.410. The van der Waals surface area contributed by atoms with Gasteiger partial charge in [0.1, 0.15) is 6.29 Å². The molecule has 0 rings (SSSR count). The van der Waals surface area contributed by atoms with Gasteiger partial charge in [0.25, 0.3) is 0 Å². The van der Waals surface area contributed by atoms with E-state index in [1.165, 1.54) is 0 Å². The summed E-state index contributed by atoms with van der Waals surface area (Å²) in [5.74, 6) is 0.412. The van der Waals surface area contributed by atoms with E-state index < -0.39 is 0 Å². The lowest BCUT2D eigenvalue weighted by molar-refractivity contribution is -0.108. The van der Waals surface area contributed by atoms with Crippen molar-refractivity contribution in [3.05, 3.63) is 0 Å². The molecule has 0 heterocycles. The molecule has 0 aliphatic carbocycles. The standard InChI is InChI=1S/C9H20N2O/c1-8(4-6-12)7-9(11)3-2-5-10/h6,8-9H,2-5,7,10-11H2,1H3. The van der Waals surface area contributed by atoms with Crippen molar-refractivity contribution in [3.63, 3.8) is 0 Å². The van der Waals surface area contributed by atoms with Crippen LogP contribution in [0.2, 0.25) is 0 Å². The van der Waals surface area contributed by atoms with Gasteiger partial charge in [-0.05, 0) is 31.7 Å². The lowest BCUT2D eigenvalue weighted by atomic mass is 9.97. The maximum absolute atomic E-state index is 10.1. The Morgan fingerprint density at radius 3 is 2.67 bits per heavy atom. The van der Waals surface area contributed by atoms with E-state index in [0.717, 1.165) is 25.5 Å². The molecule has 12 heavy (non-hydrogen) atoms. The lowest BCUT2D eigenvalue weighted by Gasteiger charge is -2.14. The van der Waals surface area contributed by atoms with Crippen molar-refractivity contribution in [2.24, 2.45) is 17.4 Å². The Morgan fingerprint density at radius 2 is 2.17 bits per heavy atom. The van der Waals surface area contributed by atoms with Crippen LogP contribution in [-0.4, -0.2) is 18.9 Å². The van der Waals surface area contributed by atoms with Gasteiger partial charge < -0.3 is 16.3 Å². The van der Waals surface area contributed by atoms with Crippen LogP contribution in [0.15, 0.2) is 0 Å². The number of rotatable bonds is 7. The van der Waals surface area contributed by atoms with Crippen LogP contribution >= 0.6 is 0 Å². The summed E-state index contributed by atoms with van der Waals surface area (Å²) >= 11 is 0. The smallest absolute Gasteiger partial charge is 0.120 e. The summed E-state index contributed by atoms with van der Waals surface area (Å²) in [6.45, 7) is 2.76. The van der Waals surface area contributed by atoms with Crippen LogP contribution in [-0.2, 0) is 4.79 Å². The van der Waals surface area contributed by atoms with Crippen LogP contribution in [0.4, 0.5) is 0 Å². The summed E-state index contributed by atoms with van der Waals surface area (Å²) < 4.78 is 0. The molecular weight excluding hydrogens is 152 g/mol. The summed E-state index contributed by atoms with van der Waals surface area (Å²) in [6.07, 6.45) is 4.46. The number of carbonyl (C=O) groups excluding carboxylic acids is 1. The van der Waals surface area contributed by atoms with E-state index >= 15 is 0 Å². The highest BCUT2D eigenvalue weighted by molar-refractivity contribution is 5.49. The molecule has 0 aromatic rings. The van der Waals surface area contributed by atoms with Crippen LogP contribution in [0.5, 0.6) is 0 Å². The normalized spacial score (nSPS) is 15.6. The van der Waals surface area contributed by atoms with E-state index in [4.69, 9.17) is 11.5 Å². The second-order valence-corrected chi connectivity index (χ2v) is 3.43. The van der Waals surface area contributed by atoms with Crippen molar-refractivity contribution >= 4 is 6.29 Å². The van der Waals surface area contributed by atoms with Gasteiger partial charge in [-0.3, -0.25) is 0 Å². The Labute approximate surface area is 74.5 Å². The molecule has 0 spiro atoms. The molecule has 0 fully saturated rings. The molecule has 3 heteroatoms. The zero-order valence-electron chi connectivity index (χ0n) is 7.83. The third-order valence-corrected chi connectivity index (χ3v) is 1.98. The minimum Gasteiger partial charge on any atom is -0.330 e. The summed E-state index contributed by atoms with van der Waals surface area (Å²) in [4.78, 5) is 10.1. The highest BCUT2D eigenvalue weighted by atomic mass is 16.1. The number of hydrogen-bond acceptors (Lipinski definition) is 3. The summed E-state index contributed by atoms with van der Waals surface area (Å²) in [5.41, 5.74) is 11.2. The number of aldehydes is 1. The quantitative estimate of drug-likeness (QED) is 0.554. The largest absolute Gasteiger partial charge is 0.330 e. The molecule has 72 valence electrons. The molecule has 0 saturated carbocycles. The first kappa shape index (κ1) is 11.6. The summed E-state index contributed by atoms with van der Waals surface area (Å²) in [7, 11) is 0. The third-order valence-electron chi connectivity index (χ3n) is 1.98. The molecule has 0 aliphatic rings. The van der Waals surface area contributed by atoms with E-state index in [0.29, 0.717) is 18.9 Å². The lowest BCUT2D eigenvalue weighted by Crippen LogP contribution is -2.23. The van der Waals surface area contributed by atoms with Crippen molar-refractivity contribution in [2.75, 3.05) is 6.54 Å². The minimum absolute atomic E-state index is 0.212. The molecule has 4 N–H and O–H groups in total. The van der Waals surface area contributed by atoms with Crippen molar-refractivity contribution in [3.8, 4) is 0 Å². The van der Waals surface area contributed by atoms with E-state index in [1.807, 2.05) is 0 Å². The van der Waals surface area contributed by atoms with Gasteiger partial charge in [-0.2, -0.15) is 0 Å². The monoisotopic (exact) mass is 172 g/mol. The Morgan fingerprint density at radius 1 is 1.50 bits per heavy atom. The summed E-state index contributed by atoms with van der Waals surface area (Å²) in [5, 5.41) is 0. The Bertz CT molecular complexity index is 117. The first-order chi connectivity index (χ1) is 5.70. The van der Waals surface area contributed by atoms with Gasteiger partial charge in [0, 0.05) is 12.5 Å². The molecule has 0 amide bonds. The van der Waals surface area contributed by atoms with Gasteiger partial charge in [0.2, 0.25) is 0 Å². The fourth-order valence-electron chi connectivity index (χ4n) is 1.28. The second-order valence-electron chi connectivity index (χ2n) is 3.43. The molecule has 2 atom stereocenters. The van der Waals surface area contributed by atoms with Crippen LogP contribution in [0.25, 0.3) is 0 Å². The maximum Gasteiger partial charge on any atom is 0.120 e. The fraction of sp³-hybridized carbons (Fsp3) is 0.889. The van der Waals surface area contributed by atoms with Crippen molar-refractivity contribution in [2.45, 2.75) is 38.6 Å². The van der Waals surface area contributed by atoms with Gasteiger partial charge in [-0.25, -0.2) is 0 Å². The first-order valence-electron chi connectivity index (χ1n) is 4.60.